The van der Waals surface area contributed by atoms with Crippen LogP contribution in [-0.4, -0.2) is 49.0 Å². The molecule has 0 spiro atoms. The first-order chi connectivity index (χ1) is 9.39. The van der Waals surface area contributed by atoms with Gasteiger partial charge >= 0.3 is 6.18 Å². The summed E-state index contributed by atoms with van der Waals surface area (Å²) >= 11 is 5.71. The van der Waals surface area contributed by atoms with Gasteiger partial charge in [0, 0.05) is 6.54 Å². The van der Waals surface area contributed by atoms with Crippen LogP contribution in [0.2, 0.25) is 5.28 Å². The average molecular weight is 308 g/mol. The van der Waals surface area contributed by atoms with Gasteiger partial charge in [-0.3, -0.25) is 0 Å². The Balaban J connectivity index is 2.36. The van der Waals surface area contributed by atoms with Crippen LogP contribution in [0.3, 0.4) is 0 Å². The second kappa shape index (κ2) is 5.57. The van der Waals surface area contributed by atoms with Crippen LogP contribution in [0.15, 0.2) is 12.7 Å². The van der Waals surface area contributed by atoms with E-state index in [0.29, 0.717) is 0 Å². The molecule has 0 aliphatic carbocycles. The molecule has 2 aromatic rings. The Morgan fingerprint density at radius 3 is 2.60 bits per heavy atom. The Morgan fingerprint density at radius 1 is 1.30 bits per heavy atom. The quantitative estimate of drug-likeness (QED) is 0.852. The van der Waals surface area contributed by atoms with Crippen LogP contribution < -0.4 is 4.90 Å². The van der Waals surface area contributed by atoms with E-state index < -0.39 is 12.7 Å². The van der Waals surface area contributed by atoms with Crippen molar-refractivity contribution in [3.63, 3.8) is 0 Å². The summed E-state index contributed by atoms with van der Waals surface area (Å²) in [6, 6.07) is 0. The molecule has 0 unspecified atom stereocenters. The molecule has 0 bridgehead atoms. The maximum atomic E-state index is 12.5. The van der Waals surface area contributed by atoms with Gasteiger partial charge in [0.1, 0.15) is 19.2 Å². The van der Waals surface area contributed by atoms with Crippen molar-refractivity contribution < 1.29 is 13.2 Å². The molecule has 0 atom stereocenters. The zero-order valence-corrected chi connectivity index (χ0v) is 11.0. The van der Waals surface area contributed by atoms with Crippen molar-refractivity contribution in [3.05, 3.63) is 17.9 Å². The second-order valence-electron chi connectivity index (χ2n) is 3.67. The van der Waals surface area contributed by atoms with E-state index in [2.05, 4.69) is 25.0 Å². The minimum atomic E-state index is -4.37. The predicted molar refractivity (Wildman–Crippen MR) is 63.7 cm³/mol. The van der Waals surface area contributed by atoms with E-state index in [4.69, 9.17) is 11.6 Å². The van der Waals surface area contributed by atoms with Crippen molar-refractivity contribution in [2.75, 3.05) is 18.0 Å². The van der Waals surface area contributed by atoms with E-state index in [9.17, 15) is 13.2 Å². The van der Waals surface area contributed by atoms with Crippen LogP contribution in [0.25, 0.3) is 5.95 Å². The number of halogens is 4. The van der Waals surface area contributed by atoms with Crippen molar-refractivity contribution in [1.29, 1.82) is 0 Å². The minimum absolute atomic E-state index is 0.00174. The first-order valence-corrected chi connectivity index (χ1v) is 5.85. The molecule has 0 N–H and O–H groups in total. The lowest BCUT2D eigenvalue weighted by molar-refractivity contribution is -0.119. The summed E-state index contributed by atoms with van der Waals surface area (Å²) < 4.78 is 38.6. The van der Waals surface area contributed by atoms with Gasteiger partial charge in [0.15, 0.2) is 0 Å². The Morgan fingerprint density at radius 2 is 2.05 bits per heavy atom. The number of nitrogens with zero attached hydrogens (tertiary/aromatic N) is 7. The van der Waals surface area contributed by atoms with E-state index in [1.165, 1.54) is 17.3 Å². The Bertz CT molecular complexity index is 571. The summed E-state index contributed by atoms with van der Waals surface area (Å²) in [5.74, 6) is -0.173. The lowest BCUT2D eigenvalue weighted by Crippen LogP contribution is -2.35. The smallest absolute Gasteiger partial charge is 0.332 e. The molecule has 0 amide bonds. The Labute approximate surface area is 116 Å². The molecule has 2 rings (SSSR count). The van der Waals surface area contributed by atoms with Gasteiger partial charge in [0.05, 0.1) is 0 Å². The van der Waals surface area contributed by atoms with Crippen molar-refractivity contribution >= 4 is 17.5 Å². The highest BCUT2D eigenvalue weighted by molar-refractivity contribution is 6.28. The number of rotatable bonds is 4. The summed E-state index contributed by atoms with van der Waals surface area (Å²) in [4.78, 5) is 16.0. The Kier molecular flexibility index (Phi) is 4.02. The fourth-order valence-electron chi connectivity index (χ4n) is 1.43. The van der Waals surface area contributed by atoms with Gasteiger partial charge in [-0.05, 0) is 18.5 Å². The lowest BCUT2D eigenvalue weighted by atomic mass is 10.5. The number of alkyl halides is 3. The standard InChI is InChI=1S/C9H9ClF3N7/c1-2-19(3-9(11,12)13)7-16-6(10)17-8(18-7)20-5-14-4-15-20/h4-5H,2-3H2,1H3. The van der Waals surface area contributed by atoms with Gasteiger partial charge in [-0.1, -0.05) is 0 Å². The van der Waals surface area contributed by atoms with Gasteiger partial charge in [0.2, 0.25) is 11.2 Å². The van der Waals surface area contributed by atoms with Crippen LogP contribution in [0.5, 0.6) is 0 Å². The van der Waals surface area contributed by atoms with Crippen LogP contribution in [-0.2, 0) is 0 Å². The summed E-state index contributed by atoms with van der Waals surface area (Å²) in [5, 5.41) is 3.56. The normalized spacial score (nSPS) is 11.7. The van der Waals surface area contributed by atoms with Crippen LogP contribution in [0.1, 0.15) is 6.92 Å². The predicted octanol–water partition coefficient (Wildman–Crippen LogP) is 1.49. The molecule has 11 heteroatoms. The first kappa shape index (κ1) is 14.4. The molecule has 7 nitrogen and oxygen atoms in total. The Hall–Kier alpha value is -1.97. The van der Waals surface area contributed by atoms with Crippen LogP contribution >= 0.6 is 11.6 Å². The summed E-state index contributed by atoms with van der Waals surface area (Å²) in [7, 11) is 0. The molecular weight excluding hydrogens is 299 g/mol. The summed E-state index contributed by atoms with van der Waals surface area (Å²) in [6.45, 7) is 0.440. The number of hydrogen-bond acceptors (Lipinski definition) is 6. The second-order valence-corrected chi connectivity index (χ2v) is 4.01. The molecule has 2 aromatic heterocycles. The minimum Gasteiger partial charge on any atom is -0.332 e. The topological polar surface area (TPSA) is 72.6 Å². The molecule has 0 aliphatic heterocycles. The molecule has 2 heterocycles. The van der Waals surface area contributed by atoms with E-state index >= 15 is 0 Å². The van der Waals surface area contributed by atoms with Crippen molar-refractivity contribution in [1.82, 2.24) is 29.7 Å². The van der Waals surface area contributed by atoms with Crippen LogP contribution in [0.4, 0.5) is 19.1 Å². The average Bonchev–Trinajstić information content (AvgIpc) is 2.88. The zero-order chi connectivity index (χ0) is 14.8. The monoisotopic (exact) mass is 307 g/mol. The zero-order valence-electron chi connectivity index (χ0n) is 10.2. The van der Waals surface area contributed by atoms with E-state index in [-0.39, 0.29) is 23.7 Å². The molecule has 20 heavy (non-hydrogen) atoms. The third kappa shape index (κ3) is 3.53. The molecule has 0 radical (unpaired) electrons. The number of anilines is 1. The van der Waals surface area contributed by atoms with E-state index in [1.807, 2.05) is 0 Å². The number of aromatic nitrogens is 6. The van der Waals surface area contributed by atoms with Gasteiger partial charge in [-0.25, -0.2) is 4.98 Å². The molecule has 0 aromatic carbocycles. The van der Waals surface area contributed by atoms with Gasteiger partial charge in [0.25, 0.3) is 5.95 Å². The maximum absolute atomic E-state index is 12.5. The molecule has 0 fully saturated rings. The van der Waals surface area contributed by atoms with Crippen molar-refractivity contribution in [3.8, 4) is 5.95 Å². The van der Waals surface area contributed by atoms with E-state index in [0.717, 1.165) is 4.90 Å². The van der Waals surface area contributed by atoms with Gasteiger partial charge < -0.3 is 4.90 Å². The highest BCUT2D eigenvalue weighted by atomic mass is 35.5. The first-order valence-electron chi connectivity index (χ1n) is 5.47. The van der Waals surface area contributed by atoms with Crippen LogP contribution in [0, 0.1) is 0 Å². The van der Waals surface area contributed by atoms with Gasteiger partial charge in [-0.15, -0.1) is 0 Å². The summed E-state index contributed by atoms with van der Waals surface area (Å²) in [5.41, 5.74) is 0. The fourth-order valence-corrected chi connectivity index (χ4v) is 1.58. The molecule has 0 saturated carbocycles. The lowest BCUT2D eigenvalue weighted by Gasteiger charge is -2.22. The highest BCUT2D eigenvalue weighted by Gasteiger charge is 2.31. The highest BCUT2D eigenvalue weighted by Crippen LogP contribution is 2.20. The molecule has 0 aliphatic rings. The molecular formula is C9H9ClF3N7. The SMILES string of the molecule is CCN(CC(F)(F)F)c1nc(Cl)nc(-n2cncn2)n1. The molecule has 108 valence electrons. The van der Waals surface area contributed by atoms with Gasteiger partial charge in [-0.2, -0.15) is 37.9 Å². The number of hydrogen-bond donors (Lipinski definition) is 0. The molecule has 0 saturated heterocycles. The van der Waals surface area contributed by atoms with E-state index in [1.54, 1.807) is 6.92 Å². The third-order valence-electron chi connectivity index (χ3n) is 2.24. The third-order valence-corrected chi connectivity index (χ3v) is 2.41. The maximum Gasteiger partial charge on any atom is 0.406 e. The largest absolute Gasteiger partial charge is 0.406 e. The fraction of sp³-hybridized carbons (Fsp3) is 0.444. The van der Waals surface area contributed by atoms with Crippen molar-refractivity contribution in [2.24, 2.45) is 0 Å². The summed E-state index contributed by atoms with van der Waals surface area (Å²) in [6.07, 6.45) is -1.83. The van der Waals surface area contributed by atoms with Crippen molar-refractivity contribution in [2.45, 2.75) is 13.1 Å².